The van der Waals surface area contributed by atoms with Crippen molar-refractivity contribution in [3.63, 3.8) is 0 Å². The van der Waals surface area contributed by atoms with Gasteiger partial charge in [0.2, 0.25) is 0 Å². The number of hydrogen-bond donors (Lipinski definition) is 1. The Balaban J connectivity index is 1.97. The number of aromatic nitrogens is 2. The van der Waals surface area contributed by atoms with Gasteiger partial charge in [-0.1, -0.05) is 6.07 Å². The molecule has 0 fully saturated rings. The molecule has 0 aliphatic heterocycles. The summed E-state index contributed by atoms with van der Waals surface area (Å²) < 4.78 is 13.1. The molecule has 2 unspecified atom stereocenters. The van der Waals surface area contributed by atoms with Crippen molar-refractivity contribution < 1.29 is 4.21 Å². The van der Waals surface area contributed by atoms with Gasteiger partial charge in [0.05, 0.1) is 5.69 Å². The van der Waals surface area contributed by atoms with Crippen LogP contribution >= 0.6 is 0 Å². The number of nitrogens with zero attached hydrogens (tertiary/aromatic N) is 2. The SMILES string of the molecule is CC(CS(C)=O)NCc1cn2ccccc2n1. The van der Waals surface area contributed by atoms with Crippen molar-refractivity contribution in [2.45, 2.75) is 19.5 Å². The van der Waals surface area contributed by atoms with Gasteiger partial charge in [0.15, 0.2) is 0 Å². The normalized spacial score (nSPS) is 14.9. The lowest BCUT2D eigenvalue weighted by Crippen LogP contribution is -2.30. The van der Waals surface area contributed by atoms with Gasteiger partial charge in [-0.25, -0.2) is 4.98 Å². The first-order chi connectivity index (χ1) is 8.15. The Hall–Kier alpha value is -1.20. The zero-order valence-corrected chi connectivity index (χ0v) is 10.9. The van der Waals surface area contributed by atoms with Crippen molar-refractivity contribution in [3.8, 4) is 0 Å². The molecule has 0 aliphatic carbocycles. The highest BCUT2D eigenvalue weighted by Crippen LogP contribution is 2.04. The van der Waals surface area contributed by atoms with Gasteiger partial charge in [0, 0.05) is 47.8 Å². The smallest absolute Gasteiger partial charge is 0.137 e. The molecule has 0 aliphatic rings. The van der Waals surface area contributed by atoms with Crippen LogP contribution in [0.15, 0.2) is 30.6 Å². The third-order valence-electron chi connectivity index (χ3n) is 2.53. The third-order valence-corrected chi connectivity index (χ3v) is 3.50. The standard InChI is InChI=1S/C12H17N3OS/c1-10(9-17(2)16)13-7-11-8-15-6-4-3-5-12(15)14-11/h3-6,8,10,13H,7,9H2,1-2H3. The Morgan fingerprint density at radius 1 is 1.53 bits per heavy atom. The summed E-state index contributed by atoms with van der Waals surface area (Å²) in [6.07, 6.45) is 5.72. The van der Waals surface area contributed by atoms with Crippen LogP contribution in [0.2, 0.25) is 0 Å². The summed E-state index contributed by atoms with van der Waals surface area (Å²) in [7, 11) is -0.756. The zero-order chi connectivity index (χ0) is 12.3. The van der Waals surface area contributed by atoms with E-state index in [1.807, 2.05) is 41.9 Å². The lowest BCUT2D eigenvalue weighted by atomic mass is 10.3. The molecule has 2 rings (SSSR count). The fourth-order valence-corrected chi connectivity index (χ4v) is 2.58. The average Bonchev–Trinajstić information content (AvgIpc) is 2.68. The number of nitrogens with one attached hydrogen (secondary N) is 1. The first-order valence-corrected chi connectivity index (χ1v) is 7.34. The molecule has 92 valence electrons. The molecule has 0 bridgehead atoms. The van der Waals surface area contributed by atoms with Gasteiger partial charge in [-0.2, -0.15) is 0 Å². The maximum absolute atomic E-state index is 11.1. The summed E-state index contributed by atoms with van der Waals surface area (Å²) in [5.74, 6) is 0.674. The number of rotatable bonds is 5. The van der Waals surface area contributed by atoms with E-state index in [2.05, 4.69) is 10.3 Å². The van der Waals surface area contributed by atoms with Crippen molar-refractivity contribution >= 4 is 16.4 Å². The molecule has 2 aromatic heterocycles. The molecule has 2 atom stereocenters. The second kappa shape index (κ2) is 5.42. The number of hydrogen-bond acceptors (Lipinski definition) is 3. The first-order valence-electron chi connectivity index (χ1n) is 5.61. The number of pyridine rings is 1. The van der Waals surface area contributed by atoms with Gasteiger partial charge in [-0.15, -0.1) is 0 Å². The second-order valence-corrected chi connectivity index (χ2v) is 5.70. The fraction of sp³-hybridized carbons (Fsp3) is 0.417. The molecule has 0 amide bonds. The lowest BCUT2D eigenvalue weighted by molar-refractivity contribution is 0.582. The van der Waals surface area contributed by atoms with E-state index in [-0.39, 0.29) is 6.04 Å². The van der Waals surface area contributed by atoms with Gasteiger partial charge < -0.3 is 9.72 Å². The summed E-state index contributed by atoms with van der Waals surface area (Å²) in [5.41, 5.74) is 1.96. The Labute approximate surface area is 104 Å². The molecule has 2 aromatic rings. The van der Waals surface area contributed by atoms with Gasteiger partial charge >= 0.3 is 0 Å². The molecule has 17 heavy (non-hydrogen) atoms. The van der Waals surface area contributed by atoms with Gasteiger partial charge in [-0.05, 0) is 19.1 Å². The largest absolute Gasteiger partial charge is 0.308 e. The minimum atomic E-state index is -0.756. The Morgan fingerprint density at radius 2 is 2.35 bits per heavy atom. The first kappa shape index (κ1) is 12.3. The van der Waals surface area contributed by atoms with Gasteiger partial charge in [-0.3, -0.25) is 4.21 Å². The van der Waals surface area contributed by atoms with Crippen LogP contribution in [0.25, 0.3) is 5.65 Å². The van der Waals surface area contributed by atoms with Crippen molar-refractivity contribution in [2.75, 3.05) is 12.0 Å². The topological polar surface area (TPSA) is 46.4 Å². The minimum absolute atomic E-state index is 0.241. The summed E-state index contributed by atoms with van der Waals surface area (Å²) >= 11 is 0. The molecular formula is C12H17N3OS. The van der Waals surface area contributed by atoms with E-state index < -0.39 is 10.8 Å². The van der Waals surface area contributed by atoms with E-state index in [1.165, 1.54) is 0 Å². The van der Waals surface area contributed by atoms with Crippen molar-refractivity contribution in [1.29, 1.82) is 0 Å². The van der Waals surface area contributed by atoms with E-state index in [0.717, 1.165) is 11.3 Å². The number of imidazole rings is 1. The van der Waals surface area contributed by atoms with Crippen LogP contribution in [0.5, 0.6) is 0 Å². The highest BCUT2D eigenvalue weighted by molar-refractivity contribution is 7.84. The van der Waals surface area contributed by atoms with Crippen LogP contribution in [0.4, 0.5) is 0 Å². The molecule has 5 heteroatoms. The maximum atomic E-state index is 11.1. The minimum Gasteiger partial charge on any atom is -0.308 e. The lowest BCUT2D eigenvalue weighted by Gasteiger charge is -2.10. The summed E-state index contributed by atoms with van der Waals surface area (Å²) in [6.45, 7) is 2.75. The van der Waals surface area contributed by atoms with Crippen molar-refractivity contribution in [1.82, 2.24) is 14.7 Å². The van der Waals surface area contributed by atoms with Crippen LogP contribution in [-0.4, -0.2) is 31.6 Å². The van der Waals surface area contributed by atoms with Crippen LogP contribution in [0.3, 0.4) is 0 Å². The Morgan fingerprint density at radius 3 is 3.06 bits per heavy atom. The summed E-state index contributed by atoms with van der Waals surface area (Å²) in [6, 6.07) is 6.18. The predicted molar refractivity (Wildman–Crippen MR) is 70.4 cm³/mol. The molecule has 4 nitrogen and oxygen atoms in total. The highest BCUT2D eigenvalue weighted by Gasteiger charge is 2.05. The van der Waals surface area contributed by atoms with E-state index in [4.69, 9.17) is 0 Å². The molecule has 0 spiro atoms. The third kappa shape index (κ3) is 3.38. The molecule has 0 radical (unpaired) electrons. The predicted octanol–water partition coefficient (Wildman–Crippen LogP) is 1.19. The molecule has 0 aromatic carbocycles. The molecule has 0 saturated carbocycles. The monoisotopic (exact) mass is 251 g/mol. The maximum Gasteiger partial charge on any atom is 0.137 e. The van der Waals surface area contributed by atoms with Crippen molar-refractivity contribution in [3.05, 3.63) is 36.3 Å². The van der Waals surface area contributed by atoms with Gasteiger partial charge in [0.25, 0.3) is 0 Å². The molecule has 2 heterocycles. The number of fused-ring (bicyclic) bond motifs is 1. The van der Waals surface area contributed by atoms with E-state index in [9.17, 15) is 4.21 Å². The fourth-order valence-electron chi connectivity index (χ4n) is 1.76. The van der Waals surface area contributed by atoms with Gasteiger partial charge in [0.1, 0.15) is 5.65 Å². The second-order valence-electron chi connectivity index (χ2n) is 4.22. The van der Waals surface area contributed by atoms with E-state index in [0.29, 0.717) is 12.3 Å². The Bertz CT molecular complexity index is 490. The Kier molecular flexibility index (Phi) is 3.91. The van der Waals surface area contributed by atoms with Crippen LogP contribution in [0.1, 0.15) is 12.6 Å². The summed E-state index contributed by atoms with van der Waals surface area (Å²) in [5, 5.41) is 3.32. The molecule has 1 N–H and O–H groups in total. The van der Waals surface area contributed by atoms with Crippen LogP contribution in [0, 0.1) is 0 Å². The van der Waals surface area contributed by atoms with Crippen LogP contribution in [-0.2, 0) is 17.3 Å². The highest BCUT2D eigenvalue weighted by atomic mass is 32.2. The average molecular weight is 251 g/mol. The summed E-state index contributed by atoms with van der Waals surface area (Å²) in [4.78, 5) is 4.49. The van der Waals surface area contributed by atoms with Crippen LogP contribution < -0.4 is 5.32 Å². The molecular weight excluding hydrogens is 234 g/mol. The zero-order valence-electron chi connectivity index (χ0n) is 10.1. The van der Waals surface area contributed by atoms with E-state index in [1.54, 1.807) is 6.26 Å². The molecule has 0 saturated heterocycles. The van der Waals surface area contributed by atoms with Crippen molar-refractivity contribution in [2.24, 2.45) is 0 Å². The quantitative estimate of drug-likeness (QED) is 0.868. The van der Waals surface area contributed by atoms with E-state index >= 15 is 0 Å².